The smallest absolute Gasteiger partial charge is 0.228 e. The monoisotopic (exact) mass is 268 g/mol. The van der Waals surface area contributed by atoms with Crippen LogP contribution in [0, 0.1) is 11.3 Å². The fourth-order valence-electron chi connectivity index (χ4n) is 2.92. The first-order valence-electron chi connectivity index (χ1n) is 7.99. The van der Waals surface area contributed by atoms with Gasteiger partial charge in [0.2, 0.25) is 5.91 Å². The first-order valence-corrected chi connectivity index (χ1v) is 7.99. The lowest BCUT2D eigenvalue weighted by Crippen LogP contribution is -2.50. The Morgan fingerprint density at radius 3 is 2.00 bits per heavy atom. The molecule has 2 aliphatic rings. The minimum atomic E-state index is -0.0902. The molecule has 3 nitrogen and oxygen atoms in total. The highest BCUT2D eigenvalue weighted by atomic mass is 16.2. The number of rotatable bonds is 1. The van der Waals surface area contributed by atoms with Crippen molar-refractivity contribution in [1.82, 2.24) is 9.80 Å². The molecule has 0 N–H and O–H groups in total. The third-order valence-electron chi connectivity index (χ3n) is 4.68. The van der Waals surface area contributed by atoms with Crippen LogP contribution >= 0.6 is 0 Å². The van der Waals surface area contributed by atoms with E-state index in [1.165, 1.54) is 12.8 Å². The zero-order valence-corrected chi connectivity index (χ0v) is 13.5. The number of nitrogens with zero attached hydrogens (tertiary/aromatic N) is 2. The Morgan fingerprint density at radius 1 is 1.05 bits per heavy atom. The third kappa shape index (κ3) is 4.20. The summed E-state index contributed by atoms with van der Waals surface area (Å²) in [7, 11) is 2.15. The van der Waals surface area contributed by atoms with Gasteiger partial charge in [-0.3, -0.25) is 4.79 Å². The molecular formula is C16H32N2O. The van der Waals surface area contributed by atoms with E-state index in [0.717, 1.165) is 44.9 Å². The zero-order chi connectivity index (χ0) is 14.5. The lowest BCUT2D eigenvalue weighted by Gasteiger charge is -2.41. The molecule has 0 saturated carbocycles. The first-order chi connectivity index (χ1) is 9.01. The van der Waals surface area contributed by atoms with Crippen LogP contribution in [-0.4, -0.2) is 48.9 Å². The Bertz CT molecular complexity index is 274. The maximum Gasteiger partial charge on any atom is 0.228 e. The average molecular weight is 268 g/mol. The summed E-state index contributed by atoms with van der Waals surface area (Å²) in [5.41, 5.74) is -0.0902. The Labute approximate surface area is 119 Å². The molecule has 0 aromatic rings. The van der Waals surface area contributed by atoms with Crippen molar-refractivity contribution in [3.05, 3.63) is 0 Å². The summed E-state index contributed by atoms with van der Waals surface area (Å²) >= 11 is 0. The van der Waals surface area contributed by atoms with Crippen LogP contribution in [0.3, 0.4) is 0 Å². The Kier molecular flexibility index (Phi) is 6.31. The first kappa shape index (κ1) is 16.5. The number of hydrogen-bond acceptors (Lipinski definition) is 2. The van der Waals surface area contributed by atoms with Crippen LogP contribution < -0.4 is 0 Å². The highest BCUT2D eigenvalue weighted by molar-refractivity contribution is 5.82. The molecule has 0 bridgehead atoms. The van der Waals surface area contributed by atoms with Gasteiger partial charge in [-0.05, 0) is 51.7 Å². The van der Waals surface area contributed by atoms with Crippen molar-refractivity contribution in [2.75, 3.05) is 33.2 Å². The largest absolute Gasteiger partial charge is 0.342 e. The topological polar surface area (TPSA) is 23.6 Å². The van der Waals surface area contributed by atoms with Crippen molar-refractivity contribution in [2.45, 2.75) is 53.4 Å². The van der Waals surface area contributed by atoms with Crippen molar-refractivity contribution in [3.8, 4) is 0 Å². The second-order valence-electron chi connectivity index (χ2n) is 6.34. The highest BCUT2D eigenvalue weighted by Gasteiger charge is 2.39. The van der Waals surface area contributed by atoms with Crippen LogP contribution in [0.4, 0.5) is 0 Å². The summed E-state index contributed by atoms with van der Waals surface area (Å²) in [4.78, 5) is 17.0. The van der Waals surface area contributed by atoms with Gasteiger partial charge in [-0.1, -0.05) is 27.7 Å². The summed E-state index contributed by atoms with van der Waals surface area (Å²) in [6.07, 6.45) is 4.41. The van der Waals surface area contributed by atoms with E-state index in [4.69, 9.17) is 0 Å². The summed E-state index contributed by atoms with van der Waals surface area (Å²) in [6.45, 7) is 12.5. The molecule has 2 fully saturated rings. The van der Waals surface area contributed by atoms with Gasteiger partial charge in [-0.25, -0.2) is 0 Å². The maximum atomic E-state index is 12.6. The van der Waals surface area contributed by atoms with Gasteiger partial charge in [0.05, 0.1) is 0 Å². The van der Waals surface area contributed by atoms with Gasteiger partial charge in [0.1, 0.15) is 0 Å². The minimum absolute atomic E-state index is 0.0902. The molecule has 0 atom stereocenters. The standard InChI is InChI=1S/C14H26N2O.C2H6/c1-12-4-8-16(9-5-12)13(17)14(2)6-10-15(3)11-7-14;1-2/h12H,4-11H2,1-3H3;1-2H3. The van der Waals surface area contributed by atoms with E-state index in [0.29, 0.717) is 5.91 Å². The lowest BCUT2D eigenvalue weighted by molar-refractivity contribution is -0.145. The molecule has 2 rings (SSSR count). The minimum Gasteiger partial charge on any atom is -0.342 e. The van der Waals surface area contributed by atoms with Gasteiger partial charge in [0, 0.05) is 18.5 Å². The summed E-state index contributed by atoms with van der Waals surface area (Å²) < 4.78 is 0. The fraction of sp³-hybridized carbons (Fsp3) is 0.938. The normalized spacial score (nSPS) is 24.6. The summed E-state index contributed by atoms with van der Waals surface area (Å²) in [6, 6.07) is 0. The second-order valence-corrected chi connectivity index (χ2v) is 6.34. The molecule has 0 aromatic carbocycles. The predicted octanol–water partition coefficient (Wildman–Crippen LogP) is 3.00. The van der Waals surface area contributed by atoms with Crippen LogP contribution in [0.5, 0.6) is 0 Å². The number of piperidine rings is 2. The van der Waals surface area contributed by atoms with Crippen molar-refractivity contribution in [2.24, 2.45) is 11.3 Å². The van der Waals surface area contributed by atoms with E-state index < -0.39 is 0 Å². The maximum absolute atomic E-state index is 12.6. The van der Waals surface area contributed by atoms with Gasteiger partial charge in [0.25, 0.3) is 0 Å². The van der Waals surface area contributed by atoms with Crippen LogP contribution in [0.1, 0.15) is 53.4 Å². The Balaban J connectivity index is 0.000000861. The molecule has 0 unspecified atom stereocenters. The van der Waals surface area contributed by atoms with E-state index in [1.807, 2.05) is 13.8 Å². The molecule has 112 valence electrons. The molecule has 0 aliphatic carbocycles. The molecule has 1 amide bonds. The summed E-state index contributed by atoms with van der Waals surface area (Å²) in [5, 5.41) is 0. The third-order valence-corrected chi connectivity index (χ3v) is 4.68. The molecule has 19 heavy (non-hydrogen) atoms. The number of amides is 1. The Morgan fingerprint density at radius 2 is 1.53 bits per heavy atom. The molecule has 2 aliphatic heterocycles. The lowest BCUT2D eigenvalue weighted by atomic mass is 9.78. The van der Waals surface area contributed by atoms with Crippen molar-refractivity contribution in [1.29, 1.82) is 0 Å². The molecule has 2 heterocycles. The molecule has 0 radical (unpaired) electrons. The van der Waals surface area contributed by atoms with E-state index in [2.05, 4.69) is 30.7 Å². The van der Waals surface area contributed by atoms with Gasteiger partial charge in [0.15, 0.2) is 0 Å². The SMILES string of the molecule is CC.CC1CCN(C(=O)C2(C)CCN(C)CC2)CC1. The van der Waals surface area contributed by atoms with Crippen LogP contribution in [0.2, 0.25) is 0 Å². The number of carbonyl (C=O) groups excluding carboxylic acids is 1. The van der Waals surface area contributed by atoms with Crippen LogP contribution in [-0.2, 0) is 4.79 Å². The van der Waals surface area contributed by atoms with Crippen molar-refractivity contribution < 1.29 is 4.79 Å². The van der Waals surface area contributed by atoms with Crippen molar-refractivity contribution in [3.63, 3.8) is 0 Å². The fourth-order valence-corrected chi connectivity index (χ4v) is 2.92. The zero-order valence-electron chi connectivity index (χ0n) is 13.5. The number of likely N-dealkylation sites (tertiary alicyclic amines) is 2. The second kappa shape index (κ2) is 7.28. The van der Waals surface area contributed by atoms with E-state index >= 15 is 0 Å². The van der Waals surface area contributed by atoms with Gasteiger partial charge in [-0.2, -0.15) is 0 Å². The van der Waals surface area contributed by atoms with Crippen LogP contribution in [0.25, 0.3) is 0 Å². The molecule has 2 saturated heterocycles. The predicted molar refractivity (Wildman–Crippen MR) is 81.2 cm³/mol. The van der Waals surface area contributed by atoms with Gasteiger partial charge < -0.3 is 9.80 Å². The highest BCUT2D eigenvalue weighted by Crippen LogP contribution is 2.33. The molecular weight excluding hydrogens is 236 g/mol. The van der Waals surface area contributed by atoms with Crippen molar-refractivity contribution >= 4 is 5.91 Å². The average Bonchev–Trinajstić information content (AvgIpc) is 2.45. The Hall–Kier alpha value is -0.570. The molecule has 3 heteroatoms. The van der Waals surface area contributed by atoms with Gasteiger partial charge in [-0.15, -0.1) is 0 Å². The van der Waals surface area contributed by atoms with E-state index in [1.54, 1.807) is 0 Å². The van der Waals surface area contributed by atoms with Gasteiger partial charge >= 0.3 is 0 Å². The van der Waals surface area contributed by atoms with E-state index in [9.17, 15) is 4.79 Å². The molecule has 0 aromatic heterocycles. The quantitative estimate of drug-likeness (QED) is 0.730. The number of hydrogen-bond donors (Lipinski definition) is 0. The van der Waals surface area contributed by atoms with Crippen LogP contribution in [0.15, 0.2) is 0 Å². The van der Waals surface area contributed by atoms with E-state index in [-0.39, 0.29) is 5.41 Å². The number of carbonyl (C=O) groups is 1. The molecule has 0 spiro atoms. The summed E-state index contributed by atoms with van der Waals surface area (Å²) in [5.74, 6) is 1.21.